The second-order valence-electron chi connectivity index (χ2n) is 5.04. The molecule has 1 unspecified atom stereocenters. The van der Waals surface area contributed by atoms with Crippen LogP contribution in [0.1, 0.15) is 36.5 Å². The molecule has 3 heteroatoms. The average molecular weight is 250 g/mol. The molecular formula is C15H26N2O. The fraction of sp³-hybridized carbons (Fsp3) is 0.600. The van der Waals surface area contributed by atoms with Crippen molar-refractivity contribution in [3.05, 3.63) is 28.8 Å². The highest BCUT2D eigenvalue weighted by Crippen LogP contribution is 2.22. The Morgan fingerprint density at radius 3 is 2.61 bits per heavy atom. The summed E-state index contributed by atoms with van der Waals surface area (Å²) in [5.41, 5.74) is 9.53. The molecule has 1 atom stereocenters. The fourth-order valence-corrected chi connectivity index (χ4v) is 2.03. The van der Waals surface area contributed by atoms with E-state index in [1.807, 2.05) is 0 Å². The van der Waals surface area contributed by atoms with Gasteiger partial charge in [-0.05, 0) is 62.9 Å². The van der Waals surface area contributed by atoms with Gasteiger partial charge >= 0.3 is 0 Å². The first-order valence-electron chi connectivity index (χ1n) is 6.65. The molecule has 0 amide bonds. The number of benzene rings is 1. The van der Waals surface area contributed by atoms with E-state index in [2.05, 4.69) is 38.2 Å². The third kappa shape index (κ3) is 4.67. The van der Waals surface area contributed by atoms with Crippen LogP contribution >= 0.6 is 0 Å². The Kier molecular flexibility index (Phi) is 6.16. The van der Waals surface area contributed by atoms with Crippen molar-refractivity contribution in [2.24, 2.45) is 5.73 Å². The minimum Gasteiger partial charge on any atom is -0.496 e. The second kappa shape index (κ2) is 7.39. The molecule has 1 rings (SSSR count). The summed E-state index contributed by atoms with van der Waals surface area (Å²) in [4.78, 5) is 0. The largest absolute Gasteiger partial charge is 0.496 e. The van der Waals surface area contributed by atoms with Crippen LogP contribution in [0.5, 0.6) is 5.75 Å². The lowest BCUT2D eigenvalue weighted by Crippen LogP contribution is -2.20. The number of aryl methyl sites for hydroxylation is 2. The summed E-state index contributed by atoms with van der Waals surface area (Å²) < 4.78 is 5.32. The van der Waals surface area contributed by atoms with Crippen molar-refractivity contribution in [2.75, 3.05) is 13.7 Å². The van der Waals surface area contributed by atoms with Gasteiger partial charge in [0, 0.05) is 12.6 Å². The molecule has 0 aliphatic carbocycles. The summed E-state index contributed by atoms with van der Waals surface area (Å²) in [5.74, 6) is 0.966. The quantitative estimate of drug-likeness (QED) is 0.731. The number of hydrogen-bond donors (Lipinski definition) is 2. The number of nitrogens with one attached hydrogen (secondary N) is 1. The van der Waals surface area contributed by atoms with E-state index in [1.165, 1.54) is 16.7 Å². The van der Waals surface area contributed by atoms with Gasteiger partial charge in [0.25, 0.3) is 0 Å². The first kappa shape index (κ1) is 15.0. The van der Waals surface area contributed by atoms with Crippen molar-refractivity contribution in [1.29, 1.82) is 0 Å². The van der Waals surface area contributed by atoms with E-state index in [-0.39, 0.29) is 0 Å². The lowest BCUT2D eigenvalue weighted by Gasteiger charge is -2.12. The van der Waals surface area contributed by atoms with Crippen LogP contribution in [-0.4, -0.2) is 19.7 Å². The molecule has 102 valence electrons. The van der Waals surface area contributed by atoms with Crippen LogP contribution in [0.3, 0.4) is 0 Å². The summed E-state index contributed by atoms with van der Waals surface area (Å²) in [5, 5.41) is 3.47. The van der Waals surface area contributed by atoms with Crippen molar-refractivity contribution >= 4 is 0 Å². The first-order chi connectivity index (χ1) is 8.54. The molecule has 0 fully saturated rings. The topological polar surface area (TPSA) is 47.3 Å². The maximum Gasteiger partial charge on any atom is 0.122 e. The van der Waals surface area contributed by atoms with Gasteiger partial charge in [0.2, 0.25) is 0 Å². The Morgan fingerprint density at radius 2 is 2.00 bits per heavy atom. The van der Waals surface area contributed by atoms with Crippen LogP contribution in [-0.2, 0) is 6.54 Å². The highest BCUT2D eigenvalue weighted by molar-refractivity contribution is 5.41. The van der Waals surface area contributed by atoms with E-state index in [9.17, 15) is 0 Å². The van der Waals surface area contributed by atoms with Crippen LogP contribution in [0.4, 0.5) is 0 Å². The zero-order valence-electron chi connectivity index (χ0n) is 12.0. The number of ether oxygens (including phenoxy) is 1. The minimum atomic E-state index is 0.303. The highest BCUT2D eigenvalue weighted by Gasteiger charge is 2.04. The summed E-state index contributed by atoms with van der Waals surface area (Å²) >= 11 is 0. The number of hydrogen-bond acceptors (Lipinski definition) is 3. The van der Waals surface area contributed by atoms with Gasteiger partial charge in [0.05, 0.1) is 7.11 Å². The normalized spacial score (nSPS) is 12.5. The molecule has 0 aliphatic heterocycles. The minimum absolute atomic E-state index is 0.303. The monoisotopic (exact) mass is 250 g/mol. The van der Waals surface area contributed by atoms with Gasteiger partial charge in [0.15, 0.2) is 0 Å². The SMILES string of the molecule is COc1cc(C)c(CNCCCC(C)N)cc1C. The summed E-state index contributed by atoms with van der Waals surface area (Å²) in [6, 6.07) is 4.61. The van der Waals surface area contributed by atoms with Gasteiger partial charge in [-0.1, -0.05) is 6.07 Å². The first-order valence-corrected chi connectivity index (χ1v) is 6.65. The Balaban J connectivity index is 2.45. The van der Waals surface area contributed by atoms with Crippen LogP contribution in [0.25, 0.3) is 0 Å². The summed E-state index contributed by atoms with van der Waals surface area (Å²) in [6.45, 7) is 8.19. The van der Waals surface area contributed by atoms with E-state index in [1.54, 1.807) is 7.11 Å². The van der Waals surface area contributed by atoms with E-state index in [0.717, 1.165) is 31.7 Å². The lowest BCUT2D eigenvalue weighted by atomic mass is 10.0. The van der Waals surface area contributed by atoms with Crippen LogP contribution in [0.15, 0.2) is 12.1 Å². The maximum atomic E-state index is 5.72. The molecular weight excluding hydrogens is 224 g/mol. The Labute approximate surface area is 111 Å². The molecule has 1 aromatic rings. The Hall–Kier alpha value is -1.06. The van der Waals surface area contributed by atoms with Gasteiger partial charge in [0.1, 0.15) is 5.75 Å². The van der Waals surface area contributed by atoms with Gasteiger partial charge < -0.3 is 15.8 Å². The lowest BCUT2D eigenvalue weighted by molar-refractivity contribution is 0.411. The molecule has 3 nitrogen and oxygen atoms in total. The van der Waals surface area contributed by atoms with E-state index in [4.69, 9.17) is 10.5 Å². The fourth-order valence-electron chi connectivity index (χ4n) is 2.03. The smallest absolute Gasteiger partial charge is 0.122 e. The summed E-state index contributed by atoms with van der Waals surface area (Å²) in [6.07, 6.45) is 2.21. The molecule has 18 heavy (non-hydrogen) atoms. The Bertz CT molecular complexity index is 375. The van der Waals surface area contributed by atoms with Gasteiger partial charge in [-0.2, -0.15) is 0 Å². The zero-order valence-corrected chi connectivity index (χ0v) is 12.0. The van der Waals surface area contributed by atoms with E-state index < -0.39 is 0 Å². The molecule has 0 radical (unpaired) electrons. The Morgan fingerprint density at radius 1 is 1.28 bits per heavy atom. The molecule has 0 saturated carbocycles. The number of rotatable bonds is 7. The van der Waals surface area contributed by atoms with E-state index >= 15 is 0 Å². The van der Waals surface area contributed by atoms with Crippen molar-refractivity contribution < 1.29 is 4.74 Å². The van der Waals surface area contributed by atoms with Crippen LogP contribution in [0.2, 0.25) is 0 Å². The number of nitrogens with two attached hydrogens (primary N) is 1. The molecule has 0 spiro atoms. The second-order valence-corrected chi connectivity index (χ2v) is 5.04. The summed E-state index contributed by atoms with van der Waals surface area (Å²) in [7, 11) is 1.72. The van der Waals surface area contributed by atoms with Gasteiger partial charge in [-0.15, -0.1) is 0 Å². The molecule has 0 bridgehead atoms. The van der Waals surface area contributed by atoms with Crippen molar-refractivity contribution in [2.45, 2.75) is 46.2 Å². The third-order valence-corrected chi connectivity index (χ3v) is 3.18. The third-order valence-electron chi connectivity index (χ3n) is 3.18. The van der Waals surface area contributed by atoms with Crippen molar-refractivity contribution in [1.82, 2.24) is 5.32 Å². The van der Waals surface area contributed by atoms with Gasteiger partial charge in [-0.3, -0.25) is 0 Å². The average Bonchev–Trinajstić information content (AvgIpc) is 2.32. The van der Waals surface area contributed by atoms with Crippen molar-refractivity contribution in [3.8, 4) is 5.75 Å². The molecule has 0 heterocycles. The molecule has 3 N–H and O–H groups in total. The van der Waals surface area contributed by atoms with E-state index in [0.29, 0.717) is 6.04 Å². The molecule has 0 aromatic heterocycles. The molecule has 0 aliphatic rings. The van der Waals surface area contributed by atoms with Crippen LogP contribution in [0, 0.1) is 13.8 Å². The zero-order chi connectivity index (χ0) is 13.5. The number of methoxy groups -OCH3 is 1. The predicted molar refractivity (Wildman–Crippen MR) is 77.1 cm³/mol. The standard InChI is InChI=1S/C15H26N2O/c1-11-9-15(18-4)12(2)8-14(11)10-17-7-5-6-13(3)16/h8-9,13,17H,5-7,10,16H2,1-4H3. The predicted octanol–water partition coefficient (Wildman–Crippen LogP) is 2.53. The molecule has 1 aromatic carbocycles. The maximum absolute atomic E-state index is 5.72. The van der Waals surface area contributed by atoms with Crippen LogP contribution < -0.4 is 15.8 Å². The highest BCUT2D eigenvalue weighted by atomic mass is 16.5. The van der Waals surface area contributed by atoms with Crippen molar-refractivity contribution in [3.63, 3.8) is 0 Å². The molecule has 0 saturated heterocycles. The van der Waals surface area contributed by atoms with Gasteiger partial charge in [-0.25, -0.2) is 0 Å².